The Kier molecular flexibility index (Phi) is 4.24. The minimum atomic E-state index is -4.81. The highest BCUT2D eigenvalue weighted by molar-refractivity contribution is 7.86. The Morgan fingerprint density at radius 1 is 1.41 bits per heavy atom. The summed E-state index contributed by atoms with van der Waals surface area (Å²) < 4.78 is 38.8. The Balaban J connectivity index is 3.04. The topological polar surface area (TPSA) is 60.4 Å². The van der Waals surface area contributed by atoms with Gasteiger partial charge in [0.15, 0.2) is 0 Å². The number of benzene rings is 1. The van der Waals surface area contributed by atoms with Crippen LogP contribution in [0.25, 0.3) is 0 Å². The minimum Gasteiger partial charge on any atom is -0.468 e. The molecule has 6 heteroatoms. The van der Waals surface area contributed by atoms with E-state index < -0.39 is 21.1 Å². The predicted molar refractivity (Wildman–Crippen MR) is 58.2 cm³/mol. The summed E-state index contributed by atoms with van der Waals surface area (Å²) in [5.74, 6) is 4.28. The number of carbonyl (C=O) groups excluding carboxylic acids is 1. The van der Waals surface area contributed by atoms with Gasteiger partial charge in [0, 0.05) is 5.56 Å². The molecule has 0 spiro atoms. The van der Waals surface area contributed by atoms with E-state index in [0.717, 1.165) is 6.07 Å². The number of esters is 1. The zero-order valence-electron chi connectivity index (χ0n) is 8.94. The number of hydrogen-bond donors (Lipinski definition) is 0. The van der Waals surface area contributed by atoms with Crippen LogP contribution in [-0.4, -0.2) is 21.5 Å². The molecule has 0 radical (unpaired) electrons. The molecule has 0 saturated carbocycles. The molecule has 0 heterocycles. The van der Waals surface area contributed by atoms with E-state index in [2.05, 4.69) is 16.6 Å². The lowest BCUT2D eigenvalue weighted by Gasteiger charge is -1.97. The zero-order valence-corrected chi connectivity index (χ0v) is 9.75. The lowest BCUT2D eigenvalue weighted by molar-refractivity contribution is -0.139. The molecule has 0 saturated heterocycles. The maximum Gasteiger partial charge on any atom is 0.333 e. The van der Waals surface area contributed by atoms with Gasteiger partial charge in [0.1, 0.15) is 11.3 Å². The Morgan fingerprint density at radius 2 is 2.06 bits per heavy atom. The first-order valence-corrected chi connectivity index (χ1v) is 5.93. The fraction of sp³-hybridized carbons (Fsp3) is 0.182. The van der Waals surface area contributed by atoms with Crippen LogP contribution in [0.5, 0.6) is 0 Å². The van der Waals surface area contributed by atoms with Gasteiger partial charge in [0.2, 0.25) is 0 Å². The summed E-state index contributed by atoms with van der Waals surface area (Å²) in [5, 5.41) is 0. The number of ether oxygens (including phenoxy) is 1. The van der Waals surface area contributed by atoms with E-state index in [4.69, 9.17) is 0 Å². The number of carbonyl (C=O) groups is 1. The highest BCUT2D eigenvalue weighted by atomic mass is 32.3. The smallest absolute Gasteiger partial charge is 0.333 e. The second-order valence-corrected chi connectivity index (χ2v) is 4.30. The third kappa shape index (κ3) is 3.89. The van der Waals surface area contributed by atoms with Gasteiger partial charge in [0.25, 0.3) is 0 Å². The lowest BCUT2D eigenvalue weighted by Crippen LogP contribution is -1.98. The second kappa shape index (κ2) is 5.46. The highest BCUT2D eigenvalue weighted by Gasteiger charge is 2.15. The van der Waals surface area contributed by atoms with Crippen LogP contribution in [0.2, 0.25) is 0 Å². The molecule has 17 heavy (non-hydrogen) atoms. The maximum atomic E-state index is 12.8. The Morgan fingerprint density at radius 3 is 2.65 bits per heavy atom. The van der Waals surface area contributed by atoms with Crippen LogP contribution in [0.1, 0.15) is 12.0 Å². The molecular formula is C11H9FO4S. The van der Waals surface area contributed by atoms with Gasteiger partial charge in [0.05, 0.1) is 7.11 Å². The average Bonchev–Trinajstić information content (AvgIpc) is 2.28. The van der Waals surface area contributed by atoms with Crippen molar-refractivity contribution in [3.63, 3.8) is 0 Å². The first-order chi connectivity index (χ1) is 7.95. The molecule has 90 valence electrons. The molecule has 0 atom stereocenters. The summed E-state index contributed by atoms with van der Waals surface area (Å²) in [4.78, 5) is 10.3. The van der Waals surface area contributed by atoms with E-state index in [1.54, 1.807) is 0 Å². The van der Waals surface area contributed by atoms with Crippen LogP contribution in [-0.2, 0) is 19.8 Å². The van der Waals surface area contributed by atoms with Crippen molar-refractivity contribution in [1.82, 2.24) is 0 Å². The minimum absolute atomic E-state index is 0.0129. The van der Waals surface area contributed by atoms with Gasteiger partial charge in [-0.3, -0.25) is 4.79 Å². The van der Waals surface area contributed by atoms with Crippen molar-refractivity contribution < 1.29 is 21.8 Å². The summed E-state index contributed by atoms with van der Waals surface area (Å²) in [6.07, 6.45) is -0.183. The third-order valence-corrected chi connectivity index (χ3v) is 2.71. The third-order valence-electron chi connectivity index (χ3n) is 1.83. The van der Waals surface area contributed by atoms with E-state index in [1.807, 2.05) is 0 Å². The van der Waals surface area contributed by atoms with Crippen molar-refractivity contribution in [2.75, 3.05) is 7.11 Å². The van der Waals surface area contributed by atoms with E-state index in [0.29, 0.717) is 0 Å². The quantitative estimate of drug-likeness (QED) is 0.454. The molecular weight excluding hydrogens is 247 g/mol. The number of hydrogen-bond acceptors (Lipinski definition) is 4. The molecule has 0 aliphatic rings. The molecule has 0 fully saturated rings. The molecule has 0 unspecified atom stereocenters. The first-order valence-electron chi connectivity index (χ1n) is 4.54. The number of halogens is 1. The molecule has 1 rings (SSSR count). The number of methoxy groups -OCH3 is 1. The molecule has 0 aromatic heterocycles. The largest absolute Gasteiger partial charge is 0.468 e. The normalized spacial score (nSPS) is 10.2. The van der Waals surface area contributed by atoms with E-state index >= 15 is 0 Å². The van der Waals surface area contributed by atoms with Crippen molar-refractivity contribution >= 4 is 16.2 Å². The zero-order chi connectivity index (χ0) is 12.9. The van der Waals surface area contributed by atoms with E-state index in [9.17, 15) is 17.1 Å². The predicted octanol–water partition coefficient (Wildman–Crippen LogP) is 1.26. The molecule has 0 bridgehead atoms. The fourth-order valence-corrected chi connectivity index (χ4v) is 1.69. The maximum absolute atomic E-state index is 12.8. The Hall–Kier alpha value is -1.87. The SMILES string of the molecule is COC(=O)CC#Cc1ccccc1S(=O)(=O)F. The van der Waals surface area contributed by atoms with E-state index in [-0.39, 0.29) is 12.0 Å². The highest BCUT2D eigenvalue weighted by Crippen LogP contribution is 2.16. The van der Waals surface area contributed by atoms with Crippen molar-refractivity contribution in [2.24, 2.45) is 0 Å². The Labute approximate surface area is 98.6 Å². The van der Waals surface area contributed by atoms with Crippen molar-refractivity contribution in [2.45, 2.75) is 11.3 Å². The van der Waals surface area contributed by atoms with Crippen LogP contribution in [0.3, 0.4) is 0 Å². The van der Waals surface area contributed by atoms with Gasteiger partial charge in [-0.2, -0.15) is 8.42 Å². The van der Waals surface area contributed by atoms with Gasteiger partial charge in [-0.05, 0) is 12.1 Å². The fourth-order valence-electron chi connectivity index (χ4n) is 1.07. The molecule has 4 nitrogen and oxygen atoms in total. The van der Waals surface area contributed by atoms with Gasteiger partial charge in [-0.1, -0.05) is 24.0 Å². The summed E-state index contributed by atoms with van der Waals surface area (Å²) in [7, 11) is -3.60. The van der Waals surface area contributed by atoms with Crippen LogP contribution >= 0.6 is 0 Å². The standard InChI is InChI=1S/C11H9FO4S/c1-16-11(13)8-4-6-9-5-2-3-7-10(9)17(12,14)15/h2-3,5,7H,8H2,1H3. The summed E-state index contributed by atoms with van der Waals surface area (Å²) in [6.45, 7) is 0. The van der Waals surface area contributed by atoms with Gasteiger partial charge in [-0.25, -0.2) is 0 Å². The van der Waals surface area contributed by atoms with Crippen LogP contribution in [0, 0.1) is 11.8 Å². The molecule has 0 N–H and O–H groups in total. The van der Waals surface area contributed by atoms with Gasteiger partial charge >= 0.3 is 16.2 Å². The monoisotopic (exact) mass is 256 g/mol. The second-order valence-electron chi connectivity index (χ2n) is 2.99. The van der Waals surface area contributed by atoms with Gasteiger partial charge in [-0.15, -0.1) is 3.89 Å². The van der Waals surface area contributed by atoms with Crippen LogP contribution in [0.15, 0.2) is 29.2 Å². The first kappa shape index (κ1) is 13.2. The molecule has 1 aromatic rings. The molecule has 0 amide bonds. The van der Waals surface area contributed by atoms with Crippen LogP contribution < -0.4 is 0 Å². The Bertz CT molecular complexity index is 581. The van der Waals surface area contributed by atoms with Gasteiger partial charge < -0.3 is 4.74 Å². The molecule has 0 aliphatic heterocycles. The summed E-state index contributed by atoms with van der Waals surface area (Å²) >= 11 is 0. The van der Waals surface area contributed by atoms with Crippen molar-refractivity contribution in [1.29, 1.82) is 0 Å². The van der Waals surface area contributed by atoms with Crippen molar-refractivity contribution in [3.8, 4) is 11.8 Å². The van der Waals surface area contributed by atoms with Crippen LogP contribution in [0.4, 0.5) is 3.89 Å². The lowest BCUT2D eigenvalue weighted by atomic mass is 10.2. The summed E-state index contributed by atoms with van der Waals surface area (Å²) in [6, 6.07) is 5.38. The van der Waals surface area contributed by atoms with E-state index in [1.165, 1.54) is 25.3 Å². The van der Waals surface area contributed by atoms with Crippen molar-refractivity contribution in [3.05, 3.63) is 29.8 Å². The molecule has 1 aromatic carbocycles. The number of rotatable bonds is 2. The average molecular weight is 256 g/mol. The summed E-state index contributed by atoms with van der Waals surface area (Å²) in [5.41, 5.74) is 0.0129. The molecule has 0 aliphatic carbocycles.